The van der Waals surface area contributed by atoms with Crippen LogP contribution in [0.3, 0.4) is 0 Å². The Hall–Kier alpha value is -0.730. The van der Waals surface area contributed by atoms with Gasteiger partial charge in [-0.3, -0.25) is 0 Å². The minimum atomic E-state index is -8.43. The number of carbonyl (C=O) groups excluding carboxylic acids is 2. The summed E-state index contributed by atoms with van der Waals surface area (Å²) >= 11 is 3.93. The number of rotatable bonds is 2. The summed E-state index contributed by atoms with van der Waals surface area (Å²) in [5.41, 5.74) is 0. The molecule has 0 unspecified atom stereocenters. The summed E-state index contributed by atoms with van der Waals surface area (Å²) in [6, 6.07) is 0. The van der Waals surface area contributed by atoms with Crippen LogP contribution in [0, 0.1) is 0 Å². The molecule has 0 aliphatic carbocycles. The van der Waals surface area contributed by atoms with Crippen molar-refractivity contribution in [2.24, 2.45) is 9.53 Å². The fourth-order valence-electron chi connectivity index (χ4n) is 0.182. The Morgan fingerprint density at radius 3 is 1.55 bits per heavy atom. The van der Waals surface area contributed by atoms with Gasteiger partial charge in [0.15, 0.2) is 0 Å². The molecule has 0 atom stereocenters. The molecule has 0 aliphatic rings. The zero-order valence-electron chi connectivity index (χ0n) is 4.67. The van der Waals surface area contributed by atoms with Crippen molar-refractivity contribution in [3.8, 4) is 0 Å². The second kappa shape index (κ2) is 1.90. The van der Waals surface area contributed by atoms with Crippen molar-refractivity contribution < 1.29 is 22.2 Å². The Bertz CT molecular complexity index is 259. The molecule has 0 rings (SSSR count). The third-order valence-corrected chi connectivity index (χ3v) is 1.87. The molecule has 0 aromatic heterocycles. The van der Waals surface area contributed by atoms with Gasteiger partial charge in [0.05, 0.1) is 0 Å². The van der Waals surface area contributed by atoms with Gasteiger partial charge in [-0.25, -0.2) is 0 Å². The Morgan fingerprint density at radius 1 is 1.09 bits per heavy atom. The van der Waals surface area contributed by atoms with Crippen LogP contribution >= 0.6 is 17.8 Å². The van der Waals surface area contributed by atoms with Gasteiger partial charge in [0.1, 0.15) is 0 Å². The van der Waals surface area contributed by atoms with Crippen molar-refractivity contribution in [3.05, 3.63) is 0 Å². The predicted molar refractivity (Wildman–Crippen MR) is 32.3 cm³/mol. The summed E-state index contributed by atoms with van der Waals surface area (Å²) in [7, 11) is 0. The van der Waals surface area contributed by atoms with E-state index in [0.717, 1.165) is 0 Å². The summed E-state index contributed by atoms with van der Waals surface area (Å²) in [4.78, 5) is 18.5. The molecule has 0 radical (unpaired) electrons. The maximum absolute atomic E-state index is 12.2. The standard InChI is InChI=1S/C2ClF3N2O2P/c3-11(4,5,6,7-1-9)8-2-10/q-1. The molecule has 0 saturated heterocycles. The second-order valence-corrected chi connectivity index (χ2v) is 6.07. The molecule has 9 heteroatoms. The van der Waals surface area contributed by atoms with E-state index in [4.69, 9.17) is 0 Å². The van der Waals surface area contributed by atoms with Gasteiger partial charge in [-0.05, 0) is 0 Å². The number of nitrogens with zero attached hydrogens (tertiary/aromatic N) is 2. The van der Waals surface area contributed by atoms with Gasteiger partial charge >= 0.3 is 61.6 Å². The minimum absolute atomic E-state index is 0.180. The Kier molecular flexibility index (Phi) is 1.77. The Labute approximate surface area is 62.5 Å². The second-order valence-electron chi connectivity index (χ2n) is 1.46. The first kappa shape index (κ1) is 10.3. The summed E-state index contributed by atoms with van der Waals surface area (Å²) in [5, 5.41) is 0. The molecule has 0 bridgehead atoms. The molecular formula is C2ClF3N2O2P-. The van der Waals surface area contributed by atoms with Crippen LogP contribution < -0.4 is 0 Å². The van der Waals surface area contributed by atoms with E-state index in [-0.39, 0.29) is 12.2 Å². The molecule has 11 heavy (non-hydrogen) atoms. The average molecular weight is 207 g/mol. The molecule has 0 fully saturated rings. The molecule has 0 heterocycles. The molecule has 4 nitrogen and oxygen atoms in total. The van der Waals surface area contributed by atoms with Crippen molar-refractivity contribution in [3.63, 3.8) is 0 Å². The van der Waals surface area contributed by atoms with Gasteiger partial charge in [0, 0.05) is 0 Å². The molecule has 0 spiro atoms. The van der Waals surface area contributed by atoms with Gasteiger partial charge in [-0.15, -0.1) is 0 Å². The van der Waals surface area contributed by atoms with E-state index in [1.54, 1.807) is 0 Å². The van der Waals surface area contributed by atoms with E-state index in [1.165, 1.54) is 9.53 Å². The quantitative estimate of drug-likeness (QED) is 0.396. The first-order valence-electron chi connectivity index (χ1n) is 1.93. The molecular weight excluding hydrogens is 207 g/mol. The van der Waals surface area contributed by atoms with Gasteiger partial charge in [0.2, 0.25) is 0 Å². The fourth-order valence-corrected chi connectivity index (χ4v) is 0.732. The first-order valence-corrected chi connectivity index (χ1v) is 5.10. The monoisotopic (exact) mass is 207 g/mol. The van der Waals surface area contributed by atoms with Crippen molar-refractivity contribution >= 4 is 29.9 Å². The summed E-state index contributed by atoms with van der Waals surface area (Å²) in [6.07, 6.45) is 0.360. The van der Waals surface area contributed by atoms with E-state index in [9.17, 15) is 22.2 Å². The fraction of sp³-hybridized carbons (Fsp3) is 0. The van der Waals surface area contributed by atoms with Crippen LogP contribution in [0.25, 0.3) is 0 Å². The Balaban J connectivity index is 5.54. The number of hydrogen-bond acceptors (Lipinski definition) is 4. The normalized spacial score (nSPS) is 16.7. The SMILES string of the molecule is O=C=N[P-](F)(F)(F)(Cl)N=C=O. The zero-order chi connectivity index (χ0) is 9.24. The van der Waals surface area contributed by atoms with Crippen molar-refractivity contribution in [1.29, 1.82) is 0 Å². The number of halogens is 4. The molecule has 0 aromatic carbocycles. The van der Waals surface area contributed by atoms with E-state index in [1.807, 2.05) is 0 Å². The Morgan fingerprint density at radius 2 is 1.36 bits per heavy atom. The summed E-state index contributed by atoms with van der Waals surface area (Å²) < 4.78 is 39.3. The first-order chi connectivity index (χ1) is 4.62. The molecule has 0 aromatic rings. The summed E-state index contributed by atoms with van der Waals surface area (Å²) in [6.45, 7) is -8.43. The van der Waals surface area contributed by atoms with Crippen LogP contribution in [0.1, 0.15) is 0 Å². The third-order valence-electron chi connectivity index (χ3n) is 0.473. The van der Waals surface area contributed by atoms with Crippen molar-refractivity contribution in [2.75, 3.05) is 0 Å². The van der Waals surface area contributed by atoms with E-state index < -0.39 is 6.53 Å². The van der Waals surface area contributed by atoms with Crippen LogP contribution in [-0.4, -0.2) is 12.2 Å². The van der Waals surface area contributed by atoms with Gasteiger partial charge in [-0.2, -0.15) is 0 Å². The van der Waals surface area contributed by atoms with Crippen LogP contribution in [0.15, 0.2) is 9.53 Å². The van der Waals surface area contributed by atoms with E-state index in [0.29, 0.717) is 0 Å². The van der Waals surface area contributed by atoms with Gasteiger partial charge in [0.25, 0.3) is 0 Å². The molecule has 64 valence electrons. The predicted octanol–water partition coefficient (Wildman–Crippen LogP) is 2.38. The molecule has 0 aliphatic heterocycles. The average Bonchev–Trinajstić information content (AvgIpc) is 1.59. The molecule has 0 N–H and O–H groups in total. The summed E-state index contributed by atoms with van der Waals surface area (Å²) in [5.74, 6) is 0. The van der Waals surface area contributed by atoms with Crippen molar-refractivity contribution in [2.45, 2.75) is 0 Å². The topological polar surface area (TPSA) is 58.9 Å². The zero-order valence-corrected chi connectivity index (χ0v) is 6.32. The molecule has 0 amide bonds. The van der Waals surface area contributed by atoms with Crippen LogP contribution in [0.5, 0.6) is 0 Å². The van der Waals surface area contributed by atoms with Crippen LogP contribution in [-0.2, 0) is 9.59 Å². The number of hydrogen-bond donors (Lipinski definition) is 0. The van der Waals surface area contributed by atoms with Crippen LogP contribution in [0.2, 0.25) is 0 Å². The van der Waals surface area contributed by atoms with Crippen molar-refractivity contribution in [1.82, 2.24) is 0 Å². The number of isocyanates is 2. The van der Waals surface area contributed by atoms with E-state index in [2.05, 4.69) is 11.2 Å². The van der Waals surface area contributed by atoms with Gasteiger partial charge in [-0.1, -0.05) is 0 Å². The third kappa shape index (κ3) is 3.86. The van der Waals surface area contributed by atoms with Crippen LogP contribution in [0.4, 0.5) is 12.6 Å². The van der Waals surface area contributed by atoms with E-state index >= 15 is 0 Å². The maximum atomic E-state index is 12.2. The van der Waals surface area contributed by atoms with Gasteiger partial charge < -0.3 is 0 Å². The molecule has 0 saturated carbocycles.